The van der Waals surface area contributed by atoms with E-state index in [2.05, 4.69) is 17.2 Å². The van der Waals surface area contributed by atoms with Crippen LogP contribution >= 0.6 is 0 Å². The van der Waals surface area contributed by atoms with Crippen LogP contribution in [0.1, 0.15) is 71.6 Å². The summed E-state index contributed by atoms with van der Waals surface area (Å²) in [4.78, 5) is 52.5. The monoisotopic (exact) mass is 504 g/mol. The molecule has 4 amide bonds. The van der Waals surface area contributed by atoms with Gasteiger partial charge in [0.05, 0.1) is 0 Å². The van der Waals surface area contributed by atoms with Crippen molar-refractivity contribution in [1.82, 2.24) is 15.5 Å². The molecular weight excluding hydrogens is 464 g/mol. The van der Waals surface area contributed by atoms with Crippen LogP contribution in [0, 0.1) is 6.92 Å². The summed E-state index contributed by atoms with van der Waals surface area (Å²) in [5.74, 6) is -2.00. The van der Waals surface area contributed by atoms with Gasteiger partial charge in [-0.05, 0) is 60.5 Å². The molecule has 0 aliphatic rings. The highest BCUT2D eigenvalue weighted by atomic mass is 16.6. The van der Waals surface area contributed by atoms with E-state index in [0.717, 1.165) is 0 Å². The molecule has 10 heteroatoms. The molecule has 2 atom stereocenters. The molecule has 0 saturated heterocycles. The Hall–Kier alpha value is -3.56. The van der Waals surface area contributed by atoms with Gasteiger partial charge in [-0.3, -0.25) is 14.4 Å². The number of phenolic OH excluding ortho intramolecular Hbond substituents is 1. The number of para-hydroxylation sites is 1. The number of ether oxygens (including phenoxy) is 1. The predicted molar refractivity (Wildman–Crippen MR) is 137 cm³/mol. The summed E-state index contributed by atoms with van der Waals surface area (Å²) in [5, 5.41) is 16.2. The van der Waals surface area contributed by atoms with Crippen molar-refractivity contribution in [2.24, 2.45) is 5.73 Å². The first kappa shape index (κ1) is 30.5. The predicted octanol–water partition coefficient (Wildman–Crippen LogP) is 2.83. The summed E-state index contributed by atoms with van der Waals surface area (Å²) in [6, 6.07) is 2.41. The SMILES string of the molecule is C=CCN(C(=O)C(CCC(N)=O)NC(=O)OC(C)(C)C)C(C(=O)NC(C)(C)C)c1cccc(C)c1O. The third kappa shape index (κ3) is 9.59. The van der Waals surface area contributed by atoms with Crippen molar-refractivity contribution in [3.8, 4) is 5.75 Å². The summed E-state index contributed by atoms with van der Waals surface area (Å²) in [7, 11) is 0. The molecule has 0 aromatic heterocycles. The van der Waals surface area contributed by atoms with Crippen molar-refractivity contribution >= 4 is 23.8 Å². The van der Waals surface area contributed by atoms with E-state index in [1.54, 1.807) is 66.7 Å². The van der Waals surface area contributed by atoms with Crippen LogP contribution in [0.15, 0.2) is 30.9 Å². The fourth-order valence-electron chi connectivity index (χ4n) is 3.45. The molecule has 2 unspecified atom stereocenters. The highest BCUT2D eigenvalue weighted by Crippen LogP contribution is 2.32. The first-order valence-corrected chi connectivity index (χ1v) is 11.8. The molecule has 10 nitrogen and oxygen atoms in total. The van der Waals surface area contributed by atoms with Crippen LogP contribution < -0.4 is 16.4 Å². The molecule has 1 aromatic carbocycles. The molecule has 0 saturated carbocycles. The number of carbonyl (C=O) groups excluding carboxylic acids is 4. The summed E-state index contributed by atoms with van der Waals surface area (Å²) in [5.41, 5.74) is 4.55. The lowest BCUT2D eigenvalue weighted by molar-refractivity contribution is -0.142. The van der Waals surface area contributed by atoms with Gasteiger partial charge in [0.2, 0.25) is 17.7 Å². The summed E-state index contributed by atoms with van der Waals surface area (Å²) in [6.45, 7) is 15.7. The average molecular weight is 505 g/mol. The zero-order valence-corrected chi connectivity index (χ0v) is 22.3. The molecule has 36 heavy (non-hydrogen) atoms. The van der Waals surface area contributed by atoms with Gasteiger partial charge >= 0.3 is 6.09 Å². The second kappa shape index (κ2) is 12.4. The largest absolute Gasteiger partial charge is 0.507 e. The highest BCUT2D eigenvalue weighted by molar-refractivity contribution is 5.93. The van der Waals surface area contributed by atoms with Gasteiger partial charge in [0.25, 0.3) is 0 Å². The Morgan fingerprint density at radius 3 is 2.28 bits per heavy atom. The number of carbonyl (C=O) groups is 4. The lowest BCUT2D eigenvalue weighted by Crippen LogP contribution is -2.54. The summed E-state index contributed by atoms with van der Waals surface area (Å²) in [6.07, 6.45) is 0.260. The minimum absolute atomic E-state index is 0.0858. The number of nitrogens with two attached hydrogens (primary N) is 1. The molecule has 0 heterocycles. The maximum absolute atomic E-state index is 13.8. The smallest absolute Gasteiger partial charge is 0.408 e. The maximum atomic E-state index is 13.8. The molecule has 0 bridgehead atoms. The number of amides is 4. The topological polar surface area (TPSA) is 151 Å². The molecule has 0 radical (unpaired) electrons. The van der Waals surface area contributed by atoms with Crippen LogP contribution in [0.25, 0.3) is 0 Å². The lowest BCUT2D eigenvalue weighted by atomic mass is 9.97. The number of nitrogens with one attached hydrogen (secondary N) is 2. The minimum atomic E-state index is -1.26. The highest BCUT2D eigenvalue weighted by Gasteiger charge is 2.38. The van der Waals surface area contributed by atoms with Gasteiger partial charge in [-0.1, -0.05) is 24.3 Å². The number of rotatable bonds is 10. The molecular formula is C26H40N4O6. The third-order valence-electron chi connectivity index (χ3n) is 4.90. The van der Waals surface area contributed by atoms with Gasteiger partial charge in [0.15, 0.2) is 0 Å². The van der Waals surface area contributed by atoms with Crippen LogP contribution in [0.3, 0.4) is 0 Å². The number of aromatic hydroxyl groups is 1. The summed E-state index contributed by atoms with van der Waals surface area (Å²) >= 11 is 0. The van der Waals surface area contributed by atoms with Crippen molar-refractivity contribution in [2.75, 3.05) is 6.54 Å². The number of hydrogen-bond acceptors (Lipinski definition) is 6. The fraction of sp³-hybridized carbons (Fsp3) is 0.538. The Labute approximate surface area is 213 Å². The third-order valence-corrected chi connectivity index (χ3v) is 4.90. The molecule has 0 fully saturated rings. The number of nitrogens with zero attached hydrogens (tertiary/aromatic N) is 1. The normalized spacial score (nSPS) is 13.2. The first-order valence-electron chi connectivity index (χ1n) is 11.8. The first-order chi connectivity index (χ1) is 16.5. The van der Waals surface area contributed by atoms with Crippen LogP contribution in [-0.2, 0) is 19.1 Å². The van der Waals surface area contributed by atoms with E-state index in [9.17, 15) is 24.3 Å². The molecule has 0 spiro atoms. The van der Waals surface area contributed by atoms with Crippen LogP contribution in [-0.4, -0.2) is 57.5 Å². The average Bonchev–Trinajstić information content (AvgIpc) is 2.70. The van der Waals surface area contributed by atoms with E-state index in [4.69, 9.17) is 10.5 Å². The van der Waals surface area contributed by atoms with Gasteiger partial charge in [0.1, 0.15) is 23.4 Å². The van der Waals surface area contributed by atoms with E-state index < -0.39 is 47.0 Å². The molecule has 1 aromatic rings. The van der Waals surface area contributed by atoms with Gasteiger partial charge in [-0.15, -0.1) is 6.58 Å². The molecule has 5 N–H and O–H groups in total. The van der Waals surface area contributed by atoms with Gasteiger partial charge in [-0.25, -0.2) is 4.79 Å². The Kier molecular flexibility index (Phi) is 10.5. The molecule has 0 aliphatic heterocycles. The molecule has 1 rings (SSSR count). The number of primary amides is 1. The van der Waals surface area contributed by atoms with Crippen molar-refractivity contribution in [1.29, 1.82) is 0 Å². The van der Waals surface area contributed by atoms with E-state index in [0.29, 0.717) is 5.56 Å². The van der Waals surface area contributed by atoms with Crippen molar-refractivity contribution in [2.45, 2.75) is 84.5 Å². The standard InChI is InChI=1S/C26H40N4O6/c1-9-15-30(23(34)18(13-14-19(27)31)28-24(35)36-26(6,7)8)20(22(33)29-25(3,4)5)17-12-10-11-16(2)21(17)32/h9-12,18,20,32H,1,13-15H2,2-8H3,(H2,27,31)(H,28,35)(H,29,33). The number of alkyl carbamates (subject to hydrolysis) is 1. The fourth-order valence-corrected chi connectivity index (χ4v) is 3.45. The molecule has 200 valence electrons. The van der Waals surface area contributed by atoms with Gasteiger partial charge < -0.3 is 31.1 Å². The Bertz CT molecular complexity index is 978. The van der Waals surface area contributed by atoms with E-state index in [1.807, 2.05) is 0 Å². The van der Waals surface area contributed by atoms with Crippen LogP contribution in [0.2, 0.25) is 0 Å². The van der Waals surface area contributed by atoms with Crippen molar-refractivity contribution in [3.05, 3.63) is 42.0 Å². The van der Waals surface area contributed by atoms with Crippen LogP contribution in [0.4, 0.5) is 4.79 Å². The second-order valence-corrected chi connectivity index (χ2v) is 10.6. The maximum Gasteiger partial charge on any atom is 0.408 e. The van der Waals surface area contributed by atoms with Crippen molar-refractivity contribution in [3.63, 3.8) is 0 Å². The second-order valence-electron chi connectivity index (χ2n) is 10.6. The Balaban J connectivity index is 3.57. The molecule has 0 aliphatic carbocycles. The van der Waals surface area contributed by atoms with Gasteiger partial charge in [0, 0.05) is 24.1 Å². The summed E-state index contributed by atoms with van der Waals surface area (Å²) < 4.78 is 5.28. The Morgan fingerprint density at radius 1 is 1.17 bits per heavy atom. The lowest BCUT2D eigenvalue weighted by Gasteiger charge is -2.35. The van der Waals surface area contributed by atoms with Crippen LogP contribution in [0.5, 0.6) is 5.75 Å². The zero-order valence-electron chi connectivity index (χ0n) is 22.3. The number of phenols is 1. The van der Waals surface area contributed by atoms with Crippen molar-refractivity contribution < 1.29 is 29.0 Å². The van der Waals surface area contributed by atoms with E-state index in [-0.39, 0.29) is 30.7 Å². The zero-order chi connectivity index (χ0) is 27.8. The number of aryl methyl sites for hydroxylation is 1. The number of benzene rings is 1. The number of hydrogen-bond donors (Lipinski definition) is 4. The quantitative estimate of drug-likeness (QED) is 0.360. The van der Waals surface area contributed by atoms with Gasteiger partial charge in [-0.2, -0.15) is 0 Å². The Morgan fingerprint density at radius 2 is 1.78 bits per heavy atom. The van der Waals surface area contributed by atoms with E-state index >= 15 is 0 Å². The minimum Gasteiger partial charge on any atom is -0.507 e. The van der Waals surface area contributed by atoms with E-state index in [1.165, 1.54) is 11.0 Å².